The van der Waals surface area contributed by atoms with Gasteiger partial charge in [-0.25, -0.2) is 24.3 Å². The number of nitrogens with zero attached hydrogens (tertiary/aromatic N) is 4. The van der Waals surface area contributed by atoms with Crippen molar-refractivity contribution in [3.05, 3.63) is 91.0 Å². The molecule has 0 fully saturated rings. The van der Waals surface area contributed by atoms with Crippen molar-refractivity contribution < 1.29 is 9.18 Å². The number of nitrogens with one attached hydrogen (secondary N) is 1. The van der Waals surface area contributed by atoms with E-state index < -0.39 is 5.82 Å². The highest BCUT2D eigenvalue weighted by molar-refractivity contribution is 6.05. The molecule has 4 rings (SSSR count). The molecular weight excluding hydrogens is 357 g/mol. The predicted octanol–water partition coefficient (Wildman–Crippen LogP) is 3.99. The molecule has 0 radical (unpaired) electrons. The second-order valence-corrected chi connectivity index (χ2v) is 5.91. The van der Waals surface area contributed by atoms with Gasteiger partial charge in [-0.05, 0) is 42.5 Å². The molecule has 0 saturated heterocycles. The van der Waals surface area contributed by atoms with Crippen LogP contribution in [-0.4, -0.2) is 25.8 Å². The highest BCUT2D eigenvalue weighted by Gasteiger charge is 2.14. The summed E-state index contributed by atoms with van der Waals surface area (Å²) in [7, 11) is 0. The van der Waals surface area contributed by atoms with E-state index in [1.807, 2.05) is 0 Å². The molecule has 0 atom stereocenters. The number of rotatable bonds is 4. The van der Waals surface area contributed by atoms with Crippen LogP contribution >= 0.6 is 0 Å². The second kappa shape index (κ2) is 7.71. The lowest BCUT2D eigenvalue weighted by molar-refractivity contribution is 0.102. The van der Waals surface area contributed by atoms with Crippen LogP contribution in [0.1, 0.15) is 10.4 Å². The number of anilines is 1. The maximum Gasteiger partial charge on any atom is 0.255 e. The van der Waals surface area contributed by atoms with E-state index in [2.05, 4.69) is 25.3 Å². The molecule has 6 nitrogen and oxygen atoms in total. The highest BCUT2D eigenvalue weighted by atomic mass is 19.1. The fourth-order valence-electron chi connectivity index (χ4n) is 2.79. The van der Waals surface area contributed by atoms with Crippen molar-refractivity contribution >= 4 is 11.6 Å². The van der Waals surface area contributed by atoms with Crippen LogP contribution in [0.4, 0.5) is 10.1 Å². The first-order valence-electron chi connectivity index (χ1n) is 8.44. The molecule has 136 valence electrons. The number of carbonyl (C=O) groups is 1. The third-order valence-corrected chi connectivity index (χ3v) is 4.08. The fraction of sp³-hybridized carbons (Fsp3) is 0. The Balaban J connectivity index is 1.75. The summed E-state index contributed by atoms with van der Waals surface area (Å²) >= 11 is 0. The van der Waals surface area contributed by atoms with Crippen molar-refractivity contribution in [2.24, 2.45) is 0 Å². The molecule has 0 aliphatic carbocycles. The molecule has 1 N–H and O–H groups in total. The maximum absolute atomic E-state index is 13.4. The molecule has 0 spiro atoms. The summed E-state index contributed by atoms with van der Waals surface area (Å²) in [6.45, 7) is 0. The van der Waals surface area contributed by atoms with Gasteiger partial charge in [-0.3, -0.25) is 4.79 Å². The fourth-order valence-corrected chi connectivity index (χ4v) is 2.79. The molecule has 0 saturated carbocycles. The maximum atomic E-state index is 13.4. The van der Waals surface area contributed by atoms with Crippen LogP contribution in [-0.2, 0) is 0 Å². The van der Waals surface area contributed by atoms with Crippen LogP contribution < -0.4 is 5.32 Å². The Labute approximate surface area is 160 Å². The van der Waals surface area contributed by atoms with Crippen LogP contribution in [0.5, 0.6) is 0 Å². The molecule has 2 aromatic carbocycles. The van der Waals surface area contributed by atoms with E-state index in [1.165, 1.54) is 30.9 Å². The first-order valence-corrected chi connectivity index (χ1v) is 8.44. The van der Waals surface area contributed by atoms with Gasteiger partial charge >= 0.3 is 0 Å². The number of hydrogen-bond acceptors (Lipinski definition) is 5. The van der Waals surface area contributed by atoms with E-state index in [9.17, 15) is 9.18 Å². The van der Waals surface area contributed by atoms with Crippen molar-refractivity contribution in [1.82, 2.24) is 19.9 Å². The molecule has 28 heavy (non-hydrogen) atoms. The summed E-state index contributed by atoms with van der Waals surface area (Å²) < 4.78 is 13.4. The van der Waals surface area contributed by atoms with E-state index in [1.54, 1.807) is 48.8 Å². The number of amides is 1. The Morgan fingerprint density at radius 3 is 2.18 bits per heavy atom. The highest BCUT2D eigenvalue weighted by Crippen LogP contribution is 2.30. The average molecular weight is 371 g/mol. The third kappa shape index (κ3) is 3.73. The first-order chi connectivity index (χ1) is 13.7. The van der Waals surface area contributed by atoms with Crippen molar-refractivity contribution in [2.45, 2.75) is 0 Å². The molecule has 1 amide bonds. The van der Waals surface area contributed by atoms with Gasteiger partial charge in [0.15, 0.2) is 0 Å². The van der Waals surface area contributed by atoms with Crippen LogP contribution in [0.25, 0.3) is 22.5 Å². The summed E-state index contributed by atoms with van der Waals surface area (Å²) in [5.41, 5.74) is 3.70. The molecule has 2 aromatic heterocycles. The van der Waals surface area contributed by atoms with Crippen LogP contribution in [0, 0.1) is 5.82 Å². The van der Waals surface area contributed by atoms with E-state index in [0.717, 1.165) is 11.1 Å². The molecule has 7 heteroatoms. The van der Waals surface area contributed by atoms with E-state index in [4.69, 9.17) is 0 Å². The Bertz CT molecular complexity index is 1120. The molecule has 2 heterocycles. The van der Waals surface area contributed by atoms with Gasteiger partial charge in [-0.2, -0.15) is 0 Å². The summed E-state index contributed by atoms with van der Waals surface area (Å²) in [4.78, 5) is 29.1. The average Bonchev–Trinajstić information content (AvgIpc) is 2.74. The van der Waals surface area contributed by atoms with Crippen molar-refractivity contribution in [3.63, 3.8) is 0 Å². The second-order valence-electron chi connectivity index (χ2n) is 5.91. The SMILES string of the molecule is O=C(Nc1cccc(F)c1)c1ccc(-c2ccncn2)c(-c2ccncn2)c1. The van der Waals surface area contributed by atoms with Crippen LogP contribution in [0.2, 0.25) is 0 Å². The molecule has 0 aliphatic rings. The largest absolute Gasteiger partial charge is 0.322 e. The minimum Gasteiger partial charge on any atom is -0.322 e. The molecule has 0 bridgehead atoms. The molecular formula is C21H14FN5O. The van der Waals surface area contributed by atoms with Crippen LogP contribution in [0.3, 0.4) is 0 Å². The topological polar surface area (TPSA) is 80.7 Å². The number of benzene rings is 2. The zero-order chi connectivity index (χ0) is 19.3. The third-order valence-electron chi connectivity index (χ3n) is 4.08. The first kappa shape index (κ1) is 17.4. The van der Waals surface area contributed by atoms with Crippen molar-refractivity contribution in [1.29, 1.82) is 0 Å². The number of carbonyl (C=O) groups excluding carboxylic acids is 1. The minimum absolute atomic E-state index is 0.352. The monoisotopic (exact) mass is 371 g/mol. The van der Waals surface area contributed by atoms with Gasteiger partial charge in [0.1, 0.15) is 18.5 Å². The Morgan fingerprint density at radius 2 is 1.54 bits per heavy atom. The van der Waals surface area contributed by atoms with Gasteiger partial charge in [0.2, 0.25) is 0 Å². The predicted molar refractivity (Wildman–Crippen MR) is 103 cm³/mol. The molecule has 0 aliphatic heterocycles. The summed E-state index contributed by atoms with van der Waals surface area (Å²) in [5.74, 6) is -0.770. The number of halogens is 1. The van der Waals surface area contributed by atoms with E-state index >= 15 is 0 Å². The molecule has 0 unspecified atom stereocenters. The Hall–Kier alpha value is -4.00. The van der Waals surface area contributed by atoms with Gasteiger partial charge in [-0.15, -0.1) is 0 Å². The van der Waals surface area contributed by atoms with Crippen molar-refractivity contribution in [2.75, 3.05) is 5.32 Å². The quantitative estimate of drug-likeness (QED) is 0.587. The Morgan fingerprint density at radius 1 is 0.821 bits per heavy atom. The normalized spacial score (nSPS) is 10.5. The standard InChI is InChI=1S/C21H14FN5O/c22-15-2-1-3-16(11-15)27-21(28)14-4-5-17(19-6-8-23-12-25-19)18(10-14)20-7-9-24-13-26-20/h1-13H,(H,27,28). The van der Waals surface area contributed by atoms with Gasteiger partial charge in [0.05, 0.1) is 11.4 Å². The van der Waals surface area contributed by atoms with Gasteiger partial charge in [-0.1, -0.05) is 12.1 Å². The minimum atomic E-state index is -0.418. The molecule has 4 aromatic rings. The number of hydrogen-bond donors (Lipinski definition) is 1. The lowest BCUT2D eigenvalue weighted by Gasteiger charge is -2.11. The lowest BCUT2D eigenvalue weighted by atomic mass is 9.98. The van der Waals surface area contributed by atoms with E-state index in [-0.39, 0.29) is 5.91 Å². The van der Waals surface area contributed by atoms with Gasteiger partial charge in [0, 0.05) is 34.8 Å². The van der Waals surface area contributed by atoms with Crippen LogP contribution in [0.15, 0.2) is 79.6 Å². The van der Waals surface area contributed by atoms with Crippen molar-refractivity contribution in [3.8, 4) is 22.5 Å². The summed E-state index contributed by atoms with van der Waals surface area (Å²) in [6, 6.07) is 14.5. The van der Waals surface area contributed by atoms with Gasteiger partial charge < -0.3 is 5.32 Å². The summed E-state index contributed by atoms with van der Waals surface area (Å²) in [6.07, 6.45) is 6.19. The lowest BCUT2D eigenvalue weighted by Crippen LogP contribution is -2.12. The van der Waals surface area contributed by atoms with Gasteiger partial charge in [0.25, 0.3) is 5.91 Å². The zero-order valence-corrected chi connectivity index (χ0v) is 14.6. The van der Waals surface area contributed by atoms with E-state index in [0.29, 0.717) is 22.6 Å². The Kier molecular flexibility index (Phi) is 4.79. The zero-order valence-electron chi connectivity index (χ0n) is 14.6. The smallest absolute Gasteiger partial charge is 0.255 e. The number of aromatic nitrogens is 4. The summed E-state index contributed by atoms with van der Waals surface area (Å²) in [5, 5.41) is 2.70.